The van der Waals surface area contributed by atoms with E-state index in [0.29, 0.717) is 13.0 Å². The van der Waals surface area contributed by atoms with E-state index in [4.69, 9.17) is 0 Å². The lowest BCUT2D eigenvalue weighted by Gasteiger charge is -2.11. The Balaban J connectivity index is 1.84. The van der Waals surface area contributed by atoms with Crippen LogP contribution in [0.1, 0.15) is 45.1 Å². The largest absolute Gasteiger partial charge is 0.357 e. The summed E-state index contributed by atoms with van der Waals surface area (Å²) in [6.45, 7) is 6.57. The van der Waals surface area contributed by atoms with E-state index in [-0.39, 0.29) is 5.91 Å². The average Bonchev–Trinajstić information content (AvgIpc) is 3.36. The summed E-state index contributed by atoms with van der Waals surface area (Å²) in [5, 5.41) is 9.55. The summed E-state index contributed by atoms with van der Waals surface area (Å²) in [4.78, 5) is 16.2. The molecule has 1 aliphatic rings. The third-order valence-electron chi connectivity index (χ3n) is 3.73. The fourth-order valence-electron chi connectivity index (χ4n) is 2.22. The van der Waals surface area contributed by atoms with E-state index in [0.717, 1.165) is 42.6 Å². The number of anilines is 1. The van der Waals surface area contributed by atoms with Crippen molar-refractivity contribution in [3.05, 3.63) is 29.8 Å². The number of hydrogen-bond acceptors (Lipinski definition) is 2. The predicted molar refractivity (Wildman–Crippen MR) is 95.5 cm³/mol. The number of carbonyl (C=O) groups is 1. The Morgan fingerprint density at radius 3 is 2.52 bits per heavy atom. The van der Waals surface area contributed by atoms with Gasteiger partial charge < -0.3 is 16.0 Å². The first-order valence-electron chi connectivity index (χ1n) is 8.62. The van der Waals surface area contributed by atoms with E-state index in [9.17, 15) is 4.79 Å². The predicted octanol–water partition coefficient (Wildman–Crippen LogP) is 2.89. The van der Waals surface area contributed by atoms with Gasteiger partial charge in [-0.25, -0.2) is 4.99 Å². The highest BCUT2D eigenvalue weighted by Crippen LogP contribution is 2.27. The maximum Gasteiger partial charge on any atom is 0.224 e. The fraction of sp³-hybridized carbons (Fsp3) is 0.556. The van der Waals surface area contributed by atoms with Crippen LogP contribution in [0.15, 0.2) is 29.3 Å². The lowest BCUT2D eigenvalue weighted by Crippen LogP contribution is -2.38. The molecule has 0 aromatic heterocycles. The van der Waals surface area contributed by atoms with Gasteiger partial charge in [0, 0.05) is 25.2 Å². The minimum absolute atomic E-state index is 0.0666. The Morgan fingerprint density at radius 1 is 1.17 bits per heavy atom. The number of aliphatic imine (C=N–C) groups is 1. The summed E-state index contributed by atoms with van der Waals surface area (Å²) in [7, 11) is 0. The second kappa shape index (κ2) is 9.18. The van der Waals surface area contributed by atoms with Crippen molar-refractivity contribution in [3.8, 4) is 0 Å². The van der Waals surface area contributed by atoms with Crippen molar-refractivity contribution in [1.29, 1.82) is 0 Å². The molecule has 1 saturated carbocycles. The molecule has 0 radical (unpaired) electrons. The van der Waals surface area contributed by atoms with Gasteiger partial charge in [0.05, 0.1) is 6.54 Å². The molecule has 1 aromatic carbocycles. The third-order valence-corrected chi connectivity index (χ3v) is 3.73. The molecular weight excluding hydrogens is 288 g/mol. The topological polar surface area (TPSA) is 65.5 Å². The summed E-state index contributed by atoms with van der Waals surface area (Å²) < 4.78 is 0. The molecular formula is C18H28N4O. The van der Waals surface area contributed by atoms with Gasteiger partial charge in [0.25, 0.3) is 0 Å². The highest BCUT2D eigenvalue weighted by Gasteiger charge is 2.20. The van der Waals surface area contributed by atoms with Crippen LogP contribution in [0, 0.1) is 5.92 Å². The molecule has 0 bridgehead atoms. The number of benzene rings is 1. The summed E-state index contributed by atoms with van der Waals surface area (Å²) in [5.41, 5.74) is 1.97. The first-order valence-corrected chi connectivity index (χ1v) is 8.62. The Kier molecular flexibility index (Phi) is 6.91. The molecule has 5 nitrogen and oxygen atoms in total. The molecule has 3 N–H and O–H groups in total. The van der Waals surface area contributed by atoms with Crippen molar-refractivity contribution in [1.82, 2.24) is 10.6 Å². The average molecular weight is 316 g/mol. The smallest absolute Gasteiger partial charge is 0.224 e. The second-order valence-corrected chi connectivity index (χ2v) is 6.01. The van der Waals surface area contributed by atoms with Crippen molar-refractivity contribution >= 4 is 17.6 Å². The Labute approximate surface area is 139 Å². The van der Waals surface area contributed by atoms with Crippen LogP contribution in [0.4, 0.5) is 5.69 Å². The zero-order chi connectivity index (χ0) is 16.5. The SMILES string of the molecule is CCCC(=O)Nc1ccc(CN=C(NCC)NCC2CC2)cc1. The molecule has 0 atom stereocenters. The molecule has 1 aromatic rings. The van der Waals surface area contributed by atoms with Gasteiger partial charge in [0.1, 0.15) is 0 Å². The van der Waals surface area contributed by atoms with Gasteiger partial charge in [0.2, 0.25) is 5.91 Å². The van der Waals surface area contributed by atoms with E-state index in [1.54, 1.807) is 0 Å². The van der Waals surface area contributed by atoms with Crippen LogP contribution in [-0.2, 0) is 11.3 Å². The highest BCUT2D eigenvalue weighted by molar-refractivity contribution is 5.90. The van der Waals surface area contributed by atoms with Gasteiger partial charge in [-0.2, -0.15) is 0 Å². The van der Waals surface area contributed by atoms with Gasteiger partial charge in [-0.15, -0.1) is 0 Å². The van der Waals surface area contributed by atoms with Crippen molar-refractivity contribution in [2.24, 2.45) is 10.9 Å². The van der Waals surface area contributed by atoms with E-state index in [2.05, 4.69) is 27.9 Å². The molecule has 0 aliphatic heterocycles. The highest BCUT2D eigenvalue weighted by atomic mass is 16.1. The molecule has 0 saturated heterocycles. The molecule has 1 aliphatic carbocycles. The van der Waals surface area contributed by atoms with E-state index in [1.165, 1.54) is 12.8 Å². The summed E-state index contributed by atoms with van der Waals surface area (Å²) in [6, 6.07) is 7.89. The van der Waals surface area contributed by atoms with Crippen molar-refractivity contribution in [2.75, 3.05) is 18.4 Å². The van der Waals surface area contributed by atoms with Crippen LogP contribution >= 0.6 is 0 Å². The Hall–Kier alpha value is -2.04. The van der Waals surface area contributed by atoms with Crippen LogP contribution in [0.5, 0.6) is 0 Å². The standard InChI is InChI=1S/C18H28N4O/c1-3-5-17(23)22-16-10-8-15(9-11-16)13-21-18(19-4-2)20-12-14-6-7-14/h8-11,14H,3-7,12-13H2,1-2H3,(H,22,23)(H2,19,20,21). The van der Waals surface area contributed by atoms with E-state index in [1.807, 2.05) is 31.2 Å². The van der Waals surface area contributed by atoms with Crippen LogP contribution in [0.3, 0.4) is 0 Å². The number of nitrogens with zero attached hydrogens (tertiary/aromatic N) is 1. The van der Waals surface area contributed by atoms with Crippen molar-refractivity contribution < 1.29 is 4.79 Å². The first-order chi connectivity index (χ1) is 11.2. The van der Waals surface area contributed by atoms with Crippen LogP contribution in [-0.4, -0.2) is 25.0 Å². The van der Waals surface area contributed by atoms with Gasteiger partial charge in [-0.1, -0.05) is 19.1 Å². The van der Waals surface area contributed by atoms with Gasteiger partial charge >= 0.3 is 0 Å². The number of amides is 1. The number of guanidine groups is 1. The Morgan fingerprint density at radius 2 is 1.91 bits per heavy atom. The minimum atomic E-state index is 0.0666. The zero-order valence-corrected chi connectivity index (χ0v) is 14.2. The summed E-state index contributed by atoms with van der Waals surface area (Å²) in [5.74, 6) is 1.77. The van der Waals surface area contributed by atoms with Crippen LogP contribution in [0.25, 0.3) is 0 Å². The zero-order valence-electron chi connectivity index (χ0n) is 14.2. The fourth-order valence-corrected chi connectivity index (χ4v) is 2.22. The third kappa shape index (κ3) is 6.72. The molecule has 0 heterocycles. The van der Waals surface area contributed by atoms with Gasteiger partial charge in [-0.3, -0.25) is 4.79 Å². The number of nitrogens with one attached hydrogen (secondary N) is 3. The van der Waals surface area contributed by atoms with Crippen LogP contribution < -0.4 is 16.0 Å². The molecule has 126 valence electrons. The second-order valence-electron chi connectivity index (χ2n) is 6.01. The molecule has 2 rings (SSSR count). The van der Waals surface area contributed by atoms with Crippen LogP contribution in [0.2, 0.25) is 0 Å². The maximum atomic E-state index is 11.6. The summed E-state index contributed by atoms with van der Waals surface area (Å²) >= 11 is 0. The van der Waals surface area contributed by atoms with Crippen molar-refractivity contribution in [2.45, 2.75) is 46.1 Å². The monoisotopic (exact) mass is 316 g/mol. The Bertz CT molecular complexity index is 520. The van der Waals surface area contributed by atoms with Gasteiger partial charge in [0.15, 0.2) is 5.96 Å². The molecule has 23 heavy (non-hydrogen) atoms. The normalized spacial score (nSPS) is 14.4. The molecule has 0 unspecified atom stereocenters. The van der Waals surface area contributed by atoms with E-state index >= 15 is 0 Å². The first kappa shape index (κ1) is 17.3. The molecule has 5 heteroatoms. The van der Waals surface area contributed by atoms with E-state index < -0.39 is 0 Å². The van der Waals surface area contributed by atoms with Gasteiger partial charge in [-0.05, 0) is 49.8 Å². The molecule has 1 amide bonds. The maximum absolute atomic E-state index is 11.6. The minimum Gasteiger partial charge on any atom is -0.357 e. The number of rotatable bonds is 8. The molecule has 0 spiro atoms. The van der Waals surface area contributed by atoms with Crippen molar-refractivity contribution in [3.63, 3.8) is 0 Å². The lowest BCUT2D eigenvalue weighted by molar-refractivity contribution is -0.116. The summed E-state index contributed by atoms with van der Waals surface area (Å²) in [6.07, 6.45) is 4.08. The quantitative estimate of drug-likeness (QED) is 0.510. The lowest BCUT2D eigenvalue weighted by atomic mass is 10.2. The number of carbonyl (C=O) groups excluding carboxylic acids is 1. The number of hydrogen-bond donors (Lipinski definition) is 3. The molecule has 1 fully saturated rings.